The van der Waals surface area contributed by atoms with Gasteiger partial charge in [-0.1, -0.05) is 15.9 Å². The van der Waals surface area contributed by atoms with Crippen molar-refractivity contribution < 1.29 is 4.39 Å². The Morgan fingerprint density at radius 3 is 2.68 bits per heavy atom. The minimum absolute atomic E-state index is 0.0220. The molecule has 1 heterocycles. The zero-order valence-corrected chi connectivity index (χ0v) is 13.5. The third kappa shape index (κ3) is 3.84. The van der Waals surface area contributed by atoms with Crippen molar-refractivity contribution in [1.82, 2.24) is 10.3 Å². The molecular formula is C14H13Br2FN2. The number of nitrogens with zero attached hydrogens (tertiary/aromatic N) is 1. The van der Waals surface area contributed by atoms with E-state index in [2.05, 4.69) is 42.2 Å². The van der Waals surface area contributed by atoms with Crippen LogP contribution in [0.5, 0.6) is 0 Å². The summed E-state index contributed by atoms with van der Waals surface area (Å²) in [4.78, 5) is 4.14. The van der Waals surface area contributed by atoms with Crippen molar-refractivity contribution in [1.29, 1.82) is 0 Å². The lowest BCUT2D eigenvalue weighted by Crippen LogP contribution is -2.19. The maximum Gasteiger partial charge on any atom is 0.126 e. The third-order valence-corrected chi connectivity index (χ3v) is 3.84. The highest BCUT2D eigenvalue weighted by atomic mass is 79.9. The number of hydrogen-bond donors (Lipinski definition) is 1. The van der Waals surface area contributed by atoms with Gasteiger partial charge in [0.2, 0.25) is 0 Å². The average Bonchev–Trinajstić information content (AvgIpc) is 2.39. The SMILES string of the molecule is CNC(Cc1cc(Br)ccc1F)c1cncc(Br)c1. The summed E-state index contributed by atoms with van der Waals surface area (Å²) in [5.41, 5.74) is 1.70. The molecule has 0 aliphatic carbocycles. The van der Waals surface area contributed by atoms with Gasteiger partial charge in [-0.05, 0) is 64.8 Å². The highest BCUT2D eigenvalue weighted by molar-refractivity contribution is 9.10. The summed E-state index contributed by atoms with van der Waals surface area (Å²) in [6, 6.07) is 7.00. The van der Waals surface area contributed by atoms with Crippen LogP contribution in [0.25, 0.3) is 0 Å². The molecule has 2 aromatic rings. The van der Waals surface area contributed by atoms with Gasteiger partial charge in [-0.3, -0.25) is 4.98 Å². The number of rotatable bonds is 4. The molecule has 1 aromatic carbocycles. The van der Waals surface area contributed by atoms with E-state index in [1.807, 2.05) is 19.2 Å². The van der Waals surface area contributed by atoms with Crippen LogP contribution in [-0.2, 0) is 6.42 Å². The molecular weight excluding hydrogens is 375 g/mol. The van der Waals surface area contributed by atoms with E-state index in [0.717, 1.165) is 14.5 Å². The lowest BCUT2D eigenvalue weighted by Gasteiger charge is -2.17. The Kier molecular flexibility index (Phi) is 5.07. The van der Waals surface area contributed by atoms with E-state index >= 15 is 0 Å². The molecule has 0 aliphatic heterocycles. The second kappa shape index (κ2) is 6.59. The number of nitrogens with one attached hydrogen (secondary N) is 1. The summed E-state index contributed by atoms with van der Waals surface area (Å²) in [6.07, 6.45) is 4.09. The Balaban J connectivity index is 2.26. The van der Waals surface area contributed by atoms with E-state index in [1.54, 1.807) is 18.5 Å². The van der Waals surface area contributed by atoms with Gasteiger partial charge in [0, 0.05) is 27.4 Å². The Hall–Kier alpha value is -0.780. The molecule has 0 saturated heterocycles. The van der Waals surface area contributed by atoms with Crippen molar-refractivity contribution in [3.05, 3.63) is 62.5 Å². The predicted molar refractivity (Wildman–Crippen MR) is 81.5 cm³/mol. The Morgan fingerprint density at radius 1 is 1.21 bits per heavy atom. The molecule has 1 aromatic heterocycles. The highest BCUT2D eigenvalue weighted by Gasteiger charge is 2.14. The van der Waals surface area contributed by atoms with Crippen LogP contribution in [0.3, 0.4) is 0 Å². The van der Waals surface area contributed by atoms with Crippen LogP contribution < -0.4 is 5.32 Å². The van der Waals surface area contributed by atoms with Crippen LogP contribution in [-0.4, -0.2) is 12.0 Å². The number of likely N-dealkylation sites (N-methyl/N-ethyl adjacent to an activating group) is 1. The van der Waals surface area contributed by atoms with Gasteiger partial charge in [0.1, 0.15) is 5.82 Å². The van der Waals surface area contributed by atoms with Gasteiger partial charge < -0.3 is 5.32 Å². The molecule has 19 heavy (non-hydrogen) atoms. The normalized spacial score (nSPS) is 12.4. The third-order valence-electron chi connectivity index (χ3n) is 2.91. The molecule has 1 atom stereocenters. The summed E-state index contributed by atoms with van der Waals surface area (Å²) in [5.74, 6) is -0.189. The molecule has 100 valence electrons. The predicted octanol–water partition coefficient (Wildman–Crippen LogP) is 4.25. The molecule has 1 N–H and O–H groups in total. The monoisotopic (exact) mass is 386 g/mol. The Bertz CT molecular complexity index is 575. The first-order valence-electron chi connectivity index (χ1n) is 5.82. The van der Waals surface area contributed by atoms with E-state index in [0.29, 0.717) is 12.0 Å². The van der Waals surface area contributed by atoms with Gasteiger partial charge >= 0.3 is 0 Å². The molecule has 0 amide bonds. The molecule has 0 radical (unpaired) electrons. The van der Waals surface area contributed by atoms with Gasteiger partial charge in [0.25, 0.3) is 0 Å². The van der Waals surface area contributed by atoms with E-state index in [9.17, 15) is 4.39 Å². The molecule has 1 unspecified atom stereocenters. The number of pyridine rings is 1. The first kappa shape index (κ1) is 14.6. The number of benzene rings is 1. The maximum atomic E-state index is 13.8. The van der Waals surface area contributed by atoms with Crippen molar-refractivity contribution in [2.45, 2.75) is 12.5 Å². The van der Waals surface area contributed by atoms with Gasteiger partial charge in [-0.2, -0.15) is 0 Å². The second-order valence-corrected chi connectivity index (χ2v) is 6.05. The standard InChI is InChI=1S/C14H13Br2FN2/c1-18-14(10-5-12(16)8-19-7-10)6-9-4-11(15)2-3-13(9)17/h2-5,7-8,14,18H,6H2,1H3. The summed E-state index contributed by atoms with van der Waals surface area (Å²) in [7, 11) is 1.86. The van der Waals surface area contributed by atoms with Crippen LogP contribution in [0.15, 0.2) is 45.6 Å². The average molecular weight is 388 g/mol. The fourth-order valence-corrected chi connectivity index (χ4v) is 2.72. The van der Waals surface area contributed by atoms with E-state index in [4.69, 9.17) is 0 Å². The number of hydrogen-bond acceptors (Lipinski definition) is 2. The first-order valence-corrected chi connectivity index (χ1v) is 7.40. The van der Waals surface area contributed by atoms with Crippen LogP contribution in [0.4, 0.5) is 4.39 Å². The van der Waals surface area contributed by atoms with Crippen molar-refractivity contribution in [2.75, 3.05) is 7.05 Å². The fourth-order valence-electron chi connectivity index (χ4n) is 1.93. The maximum absolute atomic E-state index is 13.8. The van der Waals surface area contributed by atoms with Crippen LogP contribution in [0.1, 0.15) is 17.2 Å². The van der Waals surface area contributed by atoms with Crippen molar-refractivity contribution >= 4 is 31.9 Å². The summed E-state index contributed by atoms with van der Waals surface area (Å²) in [5, 5.41) is 3.20. The van der Waals surface area contributed by atoms with Crippen molar-refractivity contribution in [3.63, 3.8) is 0 Å². The van der Waals surface area contributed by atoms with Gasteiger partial charge in [0.05, 0.1) is 0 Å². The largest absolute Gasteiger partial charge is 0.313 e. The highest BCUT2D eigenvalue weighted by Crippen LogP contribution is 2.23. The smallest absolute Gasteiger partial charge is 0.126 e. The Labute approximate surface area is 128 Å². The summed E-state index contributed by atoms with van der Waals surface area (Å²) < 4.78 is 15.6. The topological polar surface area (TPSA) is 24.9 Å². The van der Waals surface area contributed by atoms with Gasteiger partial charge in [-0.15, -0.1) is 0 Å². The quantitative estimate of drug-likeness (QED) is 0.848. The molecule has 0 fully saturated rings. The van der Waals surface area contributed by atoms with Gasteiger partial charge in [-0.25, -0.2) is 4.39 Å². The van der Waals surface area contributed by atoms with Gasteiger partial charge in [0.15, 0.2) is 0 Å². The minimum Gasteiger partial charge on any atom is -0.313 e. The first-order chi connectivity index (χ1) is 9.10. The summed E-state index contributed by atoms with van der Waals surface area (Å²) >= 11 is 6.77. The summed E-state index contributed by atoms with van der Waals surface area (Å²) in [6.45, 7) is 0. The lowest BCUT2D eigenvalue weighted by atomic mass is 10.00. The molecule has 0 saturated carbocycles. The number of halogens is 3. The Morgan fingerprint density at radius 2 is 2.00 bits per heavy atom. The zero-order chi connectivity index (χ0) is 13.8. The number of aromatic nitrogens is 1. The van der Waals surface area contributed by atoms with E-state index in [-0.39, 0.29) is 11.9 Å². The molecule has 5 heteroatoms. The van der Waals surface area contributed by atoms with Crippen LogP contribution in [0, 0.1) is 5.82 Å². The fraction of sp³-hybridized carbons (Fsp3) is 0.214. The lowest BCUT2D eigenvalue weighted by molar-refractivity contribution is 0.553. The van der Waals surface area contributed by atoms with E-state index in [1.165, 1.54) is 6.07 Å². The van der Waals surface area contributed by atoms with Crippen molar-refractivity contribution in [3.8, 4) is 0 Å². The molecule has 0 bridgehead atoms. The van der Waals surface area contributed by atoms with E-state index < -0.39 is 0 Å². The molecule has 0 aliphatic rings. The van der Waals surface area contributed by atoms with Crippen molar-refractivity contribution in [2.24, 2.45) is 0 Å². The zero-order valence-electron chi connectivity index (χ0n) is 10.3. The molecule has 2 rings (SSSR count). The molecule has 2 nitrogen and oxygen atoms in total. The van der Waals surface area contributed by atoms with Crippen LogP contribution in [0.2, 0.25) is 0 Å². The second-order valence-electron chi connectivity index (χ2n) is 4.22. The minimum atomic E-state index is -0.189. The molecule has 0 spiro atoms. The van der Waals surface area contributed by atoms with Crippen LogP contribution >= 0.6 is 31.9 Å².